The van der Waals surface area contributed by atoms with Gasteiger partial charge in [0.15, 0.2) is 0 Å². The summed E-state index contributed by atoms with van der Waals surface area (Å²) in [4.78, 5) is 30.0. The molecule has 8 nitrogen and oxygen atoms in total. The summed E-state index contributed by atoms with van der Waals surface area (Å²) in [5, 5.41) is 4.12. The fraction of sp³-hybridized carbons (Fsp3) is 0.333. The summed E-state index contributed by atoms with van der Waals surface area (Å²) in [6.45, 7) is 2.58. The molecule has 26 heavy (non-hydrogen) atoms. The Morgan fingerprint density at radius 3 is 2.42 bits per heavy atom. The van der Waals surface area contributed by atoms with Crippen molar-refractivity contribution < 1.29 is 0 Å². The van der Waals surface area contributed by atoms with Gasteiger partial charge in [0, 0.05) is 38.4 Å². The molecule has 0 saturated heterocycles. The maximum absolute atomic E-state index is 12.1. The molecule has 0 unspecified atom stereocenters. The third-order valence-electron chi connectivity index (χ3n) is 4.76. The van der Waals surface area contributed by atoms with E-state index in [-0.39, 0.29) is 17.3 Å². The van der Waals surface area contributed by atoms with Crippen molar-refractivity contribution in [3.63, 3.8) is 0 Å². The molecule has 0 fully saturated rings. The summed E-state index contributed by atoms with van der Waals surface area (Å²) >= 11 is 0. The van der Waals surface area contributed by atoms with Crippen LogP contribution in [0.1, 0.15) is 24.2 Å². The minimum absolute atomic E-state index is 0.110. The second kappa shape index (κ2) is 7.09. The van der Waals surface area contributed by atoms with Crippen LogP contribution in [-0.2, 0) is 20.6 Å². The van der Waals surface area contributed by atoms with E-state index in [2.05, 4.69) is 21.9 Å². The summed E-state index contributed by atoms with van der Waals surface area (Å²) in [5.41, 5.74) is 2.15. The van der Waals surface area contributed by atoms with Crippen LogP contribution in [0.25, 0.3) is 5.69 Å². The molecule has 0 bridgehead atoms. The van der Waals surface area contributed by atoms with Crippen LogP contribution in [0.2, 0.25) is 0 Å². The Kier molecular flexibility index (Phi) is 4.85. The largest absolute Gasteiger partial charge is 0.330 e. The van der Waals surface area contributed by atoms with Crippen molar-refractivity contribution in [3.8, 4) is 5.69 Å². The van der Waals surface area contributed by atoms with Gasteiger partial charge in [-0.05, 0) is 31.7 Å². The van der Waals surface area contributed by atoms with E-state index in [0.717, 1.165) is 15.8 Å². The van der Waals surface area contributed by atoms with Crippen molar-refractivity contribution in [2.75, 3.05) is 7.05 Å². The third-order valence-corrected chi connectivity index (χ3v) is 4.76. The number of benzene rings is 1. The highest BCUT2D eigenvalue weighted by atomic mass is 16.2. The monoisotopic (exact) mass is 354 g/mol. The van der Waals surface area contributed by atoms with Gasteiger partial charge in [-0.2, -0.15) is 5.10 Å². The second-order valence-corrected chi connectivity index (χ2v) is 6.40. The summed E-state index contributed by atoms with van der Waals surface area (Å²) in [5.74, 6) is 0. The van der Waals surface area contributed by atoms with E-state index in [1.54, 1.807) is 18.1 Å². The third kappa shape index (κ3) is 3.36. The van der Waals surface area contributed by atoms with Gasteiger partial charge in [-0.1, -0.05) is 12.1 Å². The van der Waals surface area contributed by atoms with Crippen LogP contribution in [-0.4, -0.2) is 35.8 Å². The lowest BCUT2D eigenvalue weighted by Crippen LogP contribution is -2.39. The van der Waals surface area contributed by atoms with Crippen molar-refractivity contribution in [2.24, 2.45) is 14.1 Å². The Morgan fingerprint density at radius 2 is 1.81 bits per heavy atom. The summed E-state index contributed by atoms with van der Waals surface area (Å²) in [6.07, 6.45) is 3.15. The van der Waals surface area contributed by atoms with Crippen LogP contribution in [0.15, 0.2) is 52.6 Å². The van der Waals surface area contributed by atoms with Gasteiger partial charge in [0.05, 0.1) is 5.69 Å². The van der Waals surface area contributed by atoms with E-state index in [1.165, 1.54) is 24.0 Å². The molecule has 1 atom stereocenters. The molecule has 0 aliphatic rings. The minimum atomic E-state index is -0.314. The molecular weight excluding hydrogens is 332 g/mol. The van der Waals surface area contributed by atoms with Gasteiger partial charge < -0.3 is 0 Å². The smallest absolute Gasteiger partial charge is 0.299 e. The molecule has 0 saturated carbocycles. The fourth-order valence-electron chi connectivity index (χ4n) is 2.82. The van der Waals surface area contributed by atoms with Crippen molar-refractivity contribution in [1.82, 2.24) is 28.8 Å². The molecule has 3 aromatic rings. The standard InChI is InChI=1S/C18H22N6O2/c1-13(14-5-7-15(8-6-14)24-12-19-11-20-24)21(2)10-16-9-17(25)23(4)18(26)22(16)3/h5-9,11-13H,10H2,1-4H3/t13-/m1/s1. The van der Waals surface area contributed by atoms with E-state index in [9.17, 15) is 9.59 Å². The molecule has 0 aliphatic heterocycles. The Morgan fingerprint density at radius 1 is 1.12 bits per heavy atom. The summed E-state index contributed by atoms with van der Waals surface area (Å²) in [7, 11) is 5.14. The van der Waals surface area contributed by atoms with Gasteiger partial charge in [0.2, 0.25) is 0 Å². The quantitative estimate of drug-likeness (QED) is 0.679. The first-order valence-electron chi connectivity index (χ1n) is 8.29. The number of rotatable bonds is 5. The highest BCUT2D eigenvalue weighted by Crippen LogP contribution is 2.21. The van der Waals surface area contributed by atoms with Crippen molar-refractivity contribution in [1.29, 1.82) is 0 Å². The summed E-state index contributed by atoms with van der Waals surface area (Å²) in [6, 6.07) is 9.69. The molecule has 2 aromatic heterocycles. The van der Waals surface area contributed by atoms with E-state index >= 15 is 0 Å². The van der Waals surface area contributed by atoms with E-state index in [4.69, 9.17) is 0 Å². The van der Waals surface area contributed by atoms with Crippen LogP contribution in [0, 0.1) is 0 Å². The molecule has 0 radical (unpaired) electrons. The topological polar surface area (TPSA) is 78.0 Å². The lowest BCUT2D eigenvalue weighted by Gasteiger charge is -2.26. The zero-order valence-electron chi connectivity index (χ0n) is 15.3. The highest BCUT2D eigenvalue weighted by molar-refractivity contribution is 5.34. The Balaban J connectivity index is 1.79. The van der Waals surface area contributed by atoms with E-state index in [1.807, 2.05) is 31.3 Å². The lowest BCUT2D eigenvalue weighted by atomic mass is 10.1. The first kappa shape index (κ1) is 17.8. The molecule has 2 heterocycles. The zero-order valence-corrected chi connectivity index (χ0v) is 15.3. The van der Waals surface area contributed by atoms with Gasteiger partial charge in [-0.15, -0.1) is 0 Å². The van der Waals surface area contributed by atoms with Gasteiger partial charge >= 0.3 is 5.69 Å². The molecule has 1 aromatic carbocycles. The van der Waals surface area contributed by atoms with Gasteiger partial charge in [-0.3, -0.25) is 18.8 Å². The molecule has 3 rings (SSSR count). The molecule has 0 aliphatic carbocycles. The number of hydrogen-bond acceptors (Lipinski definition) is 5. The highest BCUT2D eigenvalue weighted by Gasteiger charge is 2.15. The van der Waals surface area contributed by atoms with Crippen LogP contribution >= 0.6 is 0 Å². The van der Waals surface area contributed by atoms with Crippen LogP contribution in [0.3, 0.4) is 0 Å². The molecular formula is C18H22N6O2. The van der Waals surface area contributed by atoms with Crippen molar-refractivity contribution in [2.45, 2.75) is 19.5 Å². The average Bonchev–Trinajstić information content (AvgIpc) is 3.18. The Hall–Kier alpha value is -3.00. The second-order valence-electron chi connectivity index (χ2n) is 6.40. The van der Waals surface area contributed by atoms with Crippen molar-refractivity contribution in [3.05, 3.63) is 75.1 Å². The normalized spacial score (nSPS) is 12.5. The predicted molar refractivity (Wildman–Crippen MR) is 98.2 cm³/mol. The molecule has 8 heteroatoms. The number of aromatic nitrogens is 5. The van der Waals surface area contributed by atoms with E-state index in [0.29, 0.717) is 12.2 Å². The average molecular weight is 354 g/mol. The van der Waals surface area contributed by atoms with Crippen LogP contribution in [0.5, 0.6) is 0 Å². The van der Waals surface area contributed by atoms with Crippen LogP contribution < -0.4 is 11.2 Å². The van der Waals surface area contributed by atoms with Crippen LogP contribution in [0.4, 0.5) is 0 Å². The number of nitrogens with zero attached hydrogens (tertiary/aromatic N) is 6. The molecule has 0 amide bonds. The van der Waals surface area contributed by atoms with Gasteiger partial charge in [-0.25, -0.2) is 14.5 Å². The first-order valence-corrected chi connectivity index (χ1v) is 8.29. The maximum Gasteiger partial charge on any atom is 0.330 e. The van der Waals surface area contributed by atoms with Gasteiger partial charge in [0.25, 0.3) is 5.56 Å². The van der Waals surface area contributed by atoms with E-state index < -0.39 is 0 Å². The maximum atomic E-state index is 12.1. The van der Waals surface area contributed by atoms with Gasteiger partial charge in [0.1, 0.15) is 12.7 Å². The SMILES string of the molecule is C[C@H](c1ccc(-n2cncn2)cc1)N(C)Cc1cc(=O)n(C)c(=O)n1C. The first-order chi connectivity index (χ1) is 12.4. The zero-order chi connectivity index (χ0) is 18.8. The molecule has 136 valence electrons. The summed E-state index contributed by atoms with van der Waals surface area (Å²) < 4.78 is 4.32. The Labute approximate surface area is 151 Å². The predicted octanol–water partition coefficient (Wildman–Crippen LogP) is 0.858. The lowest BCUT2D eigenvalue weighted by molar-refractivity contribution is 0.246. The minimum Gasteiger partial charge on any atom is -0.299 e. The molecule has 0 N–H and O–H groups in total. The van der Waals surface area contributed by atoms with Crippen molar-refractivity contribution >= 4 is 0 Å². The fourth-order valence-corrected chi connectivity index (χ4v) is 2.82. The Bertz CT molecular complexity index is 1000. The molecule has 0 spiro atoms. The number of hydrogen-bond donors (Lipinski definition) is 0.